The largest absolute Gasteiger partial charge is 0.481 e. The number of carboxylic acids is 2. The smallest absolute Gasteiger partial charge is 0.328 e. The van der Waals surface area contributed by atoms with Crippen molar-refractivity contribution in [1.29, 1.82) is 0 Å². The molecule has 0 aromatic carbocycles. The van der Waals surface area contributed by atoms with Gasteiger partial charge in [-0.2, -0.15) is 0 Å². The highest BCUT2D eigenvalue weighted by atomic mass is 16.4. The average molecular weight is 463 g/mol. The molecule has 0 heterocycles. The fraction of sp³-hybridized carbons (Fsp3) is 0.722. The molecule has 0 rings (SSSR count). The van der Waals surface area contributed by atoms with E-state index in [4.69, 9.17) is 21.7 Å². The van der Waals surface area contributed by atoms with Crippen LogP contribution < -0.4 is 27.4 Å². The number of nitrogens with two attached hydrogens (primary N) is 2. The Kier molecular flexibility index (Phi) is 13.0. The van der Waals surface area contributed by atoms with Crippen LogP contribution in [0.2, 0.25) is 0 Å². The molecule has 0 unspecified atom stereocenters. The number of amides is 3. The van der Waals surface area contributed by atoms with Crippen molar-refractivity contribution in [3.8, 4) is 0 Å². The quantitative estimate of drug-likeness (QED) is 0.106. The van der Waals surface area contributed by atoms with Crippen LogP contribution in [0.15, 0.2) is 0 Å². The molecule has 0 aromatic rings. The lowest BCUT2D eigenvalue weighted by Crippen LogP contribution is -2.59. The number of rotatable bonds is 15. The highest BCUT2D eigenvalue weighted by Gasteiger charge is 2.32. The molecule has 0 aliphatic heterocycles. The first-order valence-electron chi connectivity index (χ1n) is 9.99. The summed E-state index contributed by atoms with van der Waals surface area (Å²) in [4.78, 5) is 59.6. The Hall–Kier alpha value is -2.81. The third-order valence-corrected chi connectivity index (χ3v) is 4.46. The van der Waals surface area contributed by atoms with E-state index < -0.39 is 72.5 Å². The molecular weight excluding hydrogens is 430 g/mol. The minimum absolute atomic E-state index is 0.0296. The second kappa shape index (κ2) is 14.3. The molecule has 0 saturated carbocycles. The van der Waals surface area contributed by atoms with Gasteiger partial charge in [0.2, 0.25) is 17.7 Å². The van der Waals surface area contributed by atoms with Crippen molar-refractivity contribution in [1.82, 2.24) is 16.0 Å². The van der Waals surface area contributed by atoms with E-state index in [1.807, 2.05) is 0 Å². The number of aliphatic carboxylic acids is 2. The van der Waals surface area contributed by atoms with Crippen molar-refractivity contribution in [2.24, 2.45) is 11.5 Å². The summed E-state index contributed by atoms with van der Waals surface area (Å²) in [5, 5.41) is 43.6. The maximum atomic E-state index is 12.6. The van der Waals surface area contributed by atoms with E-state index >= 15 is 0 Å². The summed E-state index contributed by atoms with van der Waals surface area (Å²) in [7, 11) is 0. The third-order valence-electron chi connectivity index (χ3n) is 4.46. The fourth-order valence-corrected chi connectivity index (χ4v) is 2.55. The van der Waals surface area contributed by atoms with Crippen molar-refractivity contribution in [3.05, 3.63) is 0 Å². The first kappa shape index (κ1) is 29.2. The number of carbonyl (C=O) groups is 5. The standard InChI is InChI=1S/C18H33N5O9/c1-8(24)13(20)17(30)22-11(7-12(26)27)16(29)21-10(5-3-4-6-19)15(28)23-14(9(2)25)18(31)32/h8-11,13-14,24-25H,3-7,19-20H2,1-2H3,(H,21,29)(H,22,30)(H,23,28)(H,26,27)(H,31,32)/t8-,9-,10+,11+,13+,14+/m1/s1. The normalized spacial score (nSPS) is 16.6. The molecule has 0 radical (unpaired) electrons. The Bertz CT molecular complexity index is 671. The van der Waals surface area contributed by atoms with E-state index in [0.717, 1.165) is 6.92 Å². The van der Waals surface area contributed by atoms with Crippen LogP contribution in [0.1, 0.15) is 39.5 Å². The molecule has 0 bridgehead atoms. The van der Waals surface area contributed by atoms with Gasteiger partial charge in [0, 0.05) is 0 Å². The lowest BCUT2D eigenvalue weighted by atomic mass is 10.1. The van der Waals surface area contributed by atoms with Crippen molar-refractivity contribution in [2.75, 3.05) is 6.54 Å². The predicted octanol–water partition coefficient (Wildman–Crippen LogP) is -3.78. The van der Waals surface area contributed by atoms with E-state index in [1.165, 1.54) is 6.92 Å². The van der Waals surface area contributed by atoms with Crippen LogP contribution in [0.3, 0.4) is 0 Å². The molecule has 0 saturated heterocycles. The summed E-state index contributed by atoms with van der Waals surface area (Å²) in [6.07, 6.45) is -2.67. The number of carbonyl (C=O) groups excluding carboxylic acids is 3. The minimum atomic E-state index is -1.64. The molecule has 11 N–H and O–H groups in total. The lowest BCUT2D eigenvalue weighted by molar-refractivity contribution is -0.145. The number of aliphatic hydroxyl groups excluding tert-OH is 2. The zero-order valence-electron chi connectivity index (χ0n) is 18.0. The molecule has 14 heteroatoms. The van der Waals surface area contributed by atoms with Crippen LogP contribution in [0.5, 0.6) is 0 Å². The van der Waals surface area contributed by atoms with Gasteiger partial charge in [0.25, 0.3) is 0 Å². The monoisotopic (exact) mass is 463 g/mol. The molecule has 0 aliphatic rings. The van der Waals surface area contributed by atoms with Gasteiger partial charge in [-0.25, -0.2) is 4.79 Å². The SMILES string of the molecule is C[C@@H](O)[C@H](N)C(=O)N[C@@H](CC(=O)O)C(=O)N[C@@H](CCCCN)C(=O)N[C@H](C(=O)O)[C@@H](C)O. The van der Waals surface area contributed by atoms with Gasteiger partial charge in [-0.3, -0.25) is 19.2 Å². The molecular formula is C18H33N5O9. The lowest BCUT2D eigenvalue weighted by Gasteiger charge is -2.25. The highest BCUT2D eigenvalue weighted by molar-refractivity contribution is 5.95. The predicted molar refractivity (Wildman–Crippen MR) is 110 cm³/mol. The summed E-state index contributed by atoms with van der Waals surface area (Å²) in [5.74, 6) is -5.87. The molecule has 6 atom stereocenters. The Morgan fingerprint density at radius 1 is 0.812 bits per heavy atom. The van der Waals surface area contributed by atoms with Gasteiger partial charge >= 0.3 is 11.9 Å². The first-order valence-corrected chi connectivity index (χ1v) is 9.99. The van der Waals surface area contributed by atoms with Gasteiger partial charge in [0.1, 0.15) is 18.1 Å². The second-order valence-electron chi connectivity index (χ2n) is 7.34. The minimum Gasteiger partial charge on any atom is -0.481 e. The van der Waals surface area contributed by atoms with Crippen molar-refractivity contribution in [2.45, 2.75) is 75.9 Å². The van der Waals surface area contributed by atoms with Crippen LogP contribution >= 0.6 is 0 Å². The summed E-state index contributed by atoms with van der Waals surface area (Å²) >= 11 is 0. The number of hydrogen-bond acceptors (Lipinski definition) is 9. The Morgan fingerprint density at radius 3 is 1.78 bits per heavy atom. The van der Waals surface area contributed by atoms with Crippen LogP contribution in [0.25, 0.3) is 0 Å². The van der Waals surface area contributed by atoms with E-state index in [0.29, 0.717) is 19.4 Å². The average Bonchev–Trinajstić information content (AvgIpc) is 2.68. The maximum absolute atomic E-state index is 12.6. The fourth-order valence-electron chi connectivity index (χ4n) is 2.55. The number of hydrogen-bond donors (Lipinski definition) is 9. The van der Waals surface area contributed by atoms with E-state index in [-0.39, 0.29) is 6.42 Å². The summed E-state index contributed by atoms with van der Waals surface area (Å²) in [6, 6.07) is -5.99. The molecule has 3 amide bonds. The number of aliphatic hydroxyl groups is 2. The Labute approximate surface area is 184 Å². The highest BCUT2D eigenvalue weighted by Crippen LogP contribution is 2.05. The van der Waals surface area contributed by atoms with Gasteiger partial charge in [-0.05, 0) is 39.7 Å². The first-order chi connectivity index (χ1) is 14.8. The van der Waals surface area contributed by atoms with Crippen LogP contribution in [-0.4, -0.2) is 93.0 Å². The van der Waals surface area contributed by atoms with Crippen LogP contribution in [-0.2, 0) is 24.0 Å². The zero-order chi connectivity index (χ0) is 25.0. The molecule has 32 heavy (non-hydrogen) atoms. The van der Waals surface area contributed by atoms with Gasteiger partial charge < -0.3 is 47.8 Å². The van der Waals surface area contributed by atoms with Gasteiger partial charge in [0.15, 0.2) is 6.04 Å². The van der Waals surface area contributed by atoms with Crippen molar-refractivity contribution >= 4 is 29.7 Å². The molecule has 184 valence electrons. The van der Waals surface area contributed by atoms with Crippen LogP contribution in [0, 0.1) is 0 Å². The molecule has 14 nitrogen and oxygen atoms in total. The van der Waals surface area contributed by atoms with Gasteiger partial charge in [-0.15, -0.1) is 0 Å². The molecule has 0 spiro atoms. The number of carboxylic acid groups (broad SMARTS) is 2. The Morgan fingerprint density at radius 2 is 1.34 bits per heavy atom. The second-order valence-corrected chi connectivity index (χ2v) is 7.34. The van der Waals surface area contributed by atoms with Crippen LogP contribution in [0.4, 0.5) is 0 Å². The summed E-state index contributed by atoms with van der Waals surface area (Å²) in [6.45, 7) is 2.68. The van der Waals surface area contributed by atoms with E-state index in [1.54, 1.807) is 0 Å². The van der Waals surface area contributed by atoms with Crippen molar-refractivity contribution < 1.29 is 44.4 Å². The molecule has 0 aliphatic carbocycles. The number of nitrogens with one attached hydrogen (secondary N) is 3. The zero-order valence-corrected chi connectivity index (χ0v) is 18.0. The summed E-state index contributed by atoms with van der Waals surface area (Å²) < 4.78 is 0. The third kappa shape index (κ3) is 10.5. The van der Waals surface area contributed by atoms with Gasteiger partial charge in [-0.1, -0.05) is 0 Å². The summed E-state index contributed by atoms with van der Waals surface area (Å²) in [5.41, 5.74) is 10.9. The van der Waals surface area contributed by atoms with E-state index in [2.05, 4.69) is 16.0 Å². The topological polar surface area (TPSA) is 254 Å². The molecule has 0 aromatic heterocycles. The van der Waals surface area contributed by atoms with Crippen molar-refractivity contribution in [3.63, 3.8) is 0 Å². The molecule has 0 fully saturated rings. The maximum Gasteiger partial charge on any atom is 0.328 e. The Balaban J connectivity index is 5.53. The van der Waals surface area contributed by atoms with Gasteiger partial charge in [0.05, 0.1) is 18.6 Å². The van der Waals surface area contributed by atoms with E-state index in [9.17, 15) is 34.2 Å². The number of unbranched alkanes of at least 4 members (excludes halogenated alkanes) is 1.